The largest absolute Gasteiger partial charge is 0.393 e. The predicted molar refractivity (Wildman–Crippen MR) is 136 cm³/mol. The van der Waals surface area contributed by atoms with E-state index in [4.69, 9.17) is 21.6 Å². The quantitative estimate of drug-likeness (QED) is 0.427. The Hall–Kier alpha value is -2.74. The molecule has 1 saturated carbocycles. The first-order valence-electron chi connectivity index (χ1n) is 12.1. The normalized spacial score (nSPS) is 20.9. The molecule has 3 N–H and O–H groups in total. The lowest BCUT2D eigenvalue weighted by Gasteiger charge is -2.27. The molecule has 7 nitrogen and oxygen atoms in total. The van der Waals surface area contributed by atoms with Crippen molar-refractivity contribution in [1.29, 1.82) is 0 Å². The number of hydrogen-bond acceptors (Lipinski definition) is 7. The van der Waals surface area contributed by atoms with Gasteiger partial charge in [-0.15, -0.1) is 0 Å². The molecule has 0 unspecified atom stereocenters. The maximum atomic E-state index is 9.90. The van der Waals surface area contributed by atoms with E-state index >= 15 is 0 Å². The second-order valence-corrected chi connectivity index (χ2v) is 9.71. The van der Waals surface area contributed by atoms with E-state index in [1.165, 1.54) is 31.5 Å². The van der Waals surface area contributed by atoms with E-state index in [-0.39, 0.29) is 12.1 Å². The van der Waals surface area contributed by atoms with Gasteiger partial charge in [-0.25, -0.2) is 4.98 Å². The highest BCUT2D eigenvalue weighted by molar-refractivity contribution is 6.30. The van der Waals surface area contributed by atoms with Crippen molar-refractivity contribution in [2.75, 3.05) is 23.7 Å². The van der Waals surface area contributed by atoms with Crippen molar-refractivity contribution in [2.24, 2.45) is 0 Å². The summed E-state index contributed by atoms with van der Waals surface area (Å²) in [7, 11) is 0. The zero-order chi connectivity index (χ0) is 23.3. The Morgan fingerprint density at radius 2 is 1.71 bits per heavy atom. The van der Waals surface area contributed by atoms with Crippen LogP contribution >= 0.6 is 11.6 Å². The van der Waals surface area contributed by atoms with Gasteiger partial charge in [-0.2, -0.15) is 4.98 Å². The molecule has 0 atom stereocenters. The van der Waals surface area contributed by atoms with Crippen LogP contribution in [0.15, 0.2) is 48.8 Å². The van der Waals surface area contributed by atoms with Crippen molar-refractivity contribution in [1.82, 2.24) is 19.9 Å². The van der Waals surface area contributed by atoms with Crippen LogP contribution in [-0.4, -0.2) is 50.2 Å². The first-order valence-corrected chi connectivity index (χ1v) is 12.5. The van der Waals surface area contributed by atoms with Gasteiger partial charge in [0.05, 0.1) is 17.4 Å². The van der Waals surface area contributed by atoms with Crippen LogP contribution in [0.1, 0.15) is 44.1 Å². The molecule has 0 bridgehead atoms. The monoisotopic (exact) mass is 478 g/mol. The molecule has 1 saturated heterocycles. The Kier molecular flexibility index (Phi) is 7.23. The van der Waals surface area contributed by atoms with Crippen LogP contribution in [0.25, 0.3) is 11.3 Å². The average Bonchev–Trinajstić information content (AvgIpc) is 3.36. The minimum atomic E-state index is -0.199. The molecular weight excluding hydrogens is 448 g/mol. The first kappa shape index (κ1) is 23.0. The number of anilines is 3. The number of halogens is 1. The molecule has 34 heavy (non-hydrogen) atoms. The summed E-state index contributed by atoms with van der Waals surface area (Å²) in [5.74, 6) is 1.27. The number of nitrogens with one attached hydrogen (secondary N) is 2. The van der Waals surface area contributed by atoms with Gasteiger partial charge in [0.15, 0.2) is 0 Å². The van der Waals surface area contributed by atoms with Gasteiger partial charge in [0, 0.05) is 35.7 Å². The lowest BCUT2D eigenvalue weighted by molar-refractivity contribution is 0.126. The van der Waals surface area contributed by atoms with Gasteiger partial charge in [-0.3, -0.25) is 9.88 Å². The molecule has 2 aromatic heterocycles. The molecule has 5 rings (SSSR count). The van der Waals surface area contributed by atoms with Crippen LogP contribution in [0.5, 0.6) is 0 Å². The van der Waals surface area contributed by atoms with Crippen LogP contribution in [0, 0.1) is 0 Å². The van der Waals surface area contributed by atoms with Gasteiger partial charge in [0.2, 0.25) is 5.95 Å². The summed E-state index contributed by atoms with van der Waals surface area (Å²) >= 11 is 6.01. The highest BCUT2D eigenvalue weighted by Gasteiger charge is 2.22. The summed E-state index contributed by atoms with van der Waals surface area (Å²) in [4.78, 5) is 16.6. The van der Waals surface area contributed by atoms with Gasteiger partial charge < -0.3 is 15.7 Å². The molecule has 1 aliphatic heterocycles. The highest BCUT2D eigenvalue weighted by Crippen LogP contribution is 2.30. The molecule has 2 fully saturated rings. The van der Waals surface area contributed by atoms with Crippen LogP contribution in [0.2, 0.25) is 5.02 Å². The summed E-state index contributed by atoms with van der Waals surface area (Å²) in [6.45, 7) is 3.28. The standard InChI is InChI=1S/C26H31ClN6O/c27-19-4-6-21(7-5-19)31-26-29-16-23(25(32-26)30-20-8-10-22(34)11-9-20)24-12-3-18(15-28-24)17-33-13-1-2-14-33/h3-7,12,15-16,20,22,34H,1-2,8-11,13-14,17H2,(H2,29,30,31,32). The number of aliphatic hydroxyl groups excluding tert-OH is 1. The lowest BCUT2D eigenvalue weighted by atomic mass is 9.93. The summed E-state index contributed by atoms with van der Waals surface area (Å²) in [5, 5.41) is 17.4. The second-order valence-electron chi connectivity index (χ2n) is 9.27. The highest BCUT2D eigenvalue weighted by atomic mass is 35.5. The van der Waals surface area contributed by atoms with E-state index < -0.39 is 0 Å². The summed E-state index contributed by atoms with van der Waals surface area (Å²) in [6.07, 6.45) is 9.59. The lowest BCUT2D eigenvalue weighted by Crippen LogP contribution is -2.29. The van der Waals surface area contributed by atoms with E-state index in [0.717, 1.165) is 55.0 Å². The van der Waals surface area contributed by atoms with Crippen LogP contribution in [-0.2, 0) is 6.54 Å². The molecule has 178 valence electrons. The number of aromatic nitrogens is 3. The average molecular weight is 479 g/mol. The maximum absolute atomic E-state index is 9.90. The molecule has 8 heteroatoms. The Bertz CT molecular complexity index is 1080. The fourth-order valence-electron chi connectivity index (χ4n) is 4.69. The number of rotatable bonds is 7. The Labute approximate surface area is 205 Å². The van der Waals surface area contributed by atoms with Gasteiger partial charge >= 0.3 is 0 Å². The minimum Gasteiger partial charge on any atom is -0.393 e. The minimum absolute atomic E-state index is 0.199. The van der Waals surface area contributed by atoms with Crippen LogP contribution in [0.4, 0.5) is 17.5 Å². The molecule has 1 aromatic carbocycles. The number of likely N-dealkylation sites (tertiary alicyclic amines) is 1. The summed E-state index contributed by atoms with van der Waals surface area (Å²) < 4.78 is 0. The van der Waals surface area contributed by atoms with E-state index in [1.54, 1.807) is 0 Å². The smallest absolute Gasteiger partial charge is 0.229 e. The fraction of sp³-hybridized carbons (Fsp3) is 0.423. The zero-order valence-corrected chi connectivity index (χ0v) is 20.0. The van der Waals surface area contributed by atoms with Crippen molar-refractivity contribution in [3.8, 4) is 11.3 Å². The number of pyridine rings is 1. The molecular formula is C26H31ClN6O. The number of benzene rings is 1. The van der Waals surface area contributed by atoms with Gasteiger partial charge in [-0.1, -0.05) is 17.7 Å². The summed E-state index contributed by atoms with van der Waals surface area (Å²) in [6, 6.07) is 11.9. The molecule has 0 radical (unpaired) electrons. The van der Waals surface area contributed by atoms with Gasteiger partial charge in [-0.05, 0) is 87.5 Å². The summed E-state index contributed by atoms with van der Waals surface area (Å²) in [5.41, 5.74) is 3.82. The Morgan fingerprint density at radius 3 is 2.41 bits per heavy atom. The van der Waals surface area contributed by atoms with Crippen molar-refractivity contribution in [3.05, 3.63) is 59.4 Å². The van der Waals surface area contributed by atoms with E-state index in [2.05, 4.69) is 32.7 Å². The Morgan fingerprint density at radius 1 is 0.941 bits per heavy atom. The number of aliphatic hydroxyl groups is 1. The van der Waals surface area contributed by atoms with Crippen molar-refractivity contribution in [2.45, 2.75) is 57.2 Å². The van der Waals surface area contributed by atoms with E-state index in [9.17, 15) is 5.11 Å². The fourth-order valence-corrected chi connectivity index (χ4v) is 4.82. The van der Waals surface area contributed by atoms with Crippen molar-refractivity contribution < 1.29 is 5.11 Å². The topological polar surface area (TPSA) is 86.2 Å². The van der Waals surface area contributed by atoms with E-state index in [0.29, 0.717) is 11.0 Å². The first-order chi connectivity index (χ1) is 16.6. The third-order valence-corrected chi connectivity index (χ3v) is 6.88. The van der Waals surface area contributed by atoms with Crippen molar-refractivity contribution in [3.63, 3.8) is 0 Å². The second kappa shape index (κ2) is 10.7. The number of nitrogens with zero attached hydrogens (tertiary/aromatic N) is 4. The van der Waals surface area contributed by atoms with Gasteiger partial charge in [0.25, 0.3) is 0 Å². The zero-order valence-electron chi connectivity index (χ0n) is 19.3. The number of hydrogen-bond donors (Lipinski definition) is 3. The molecule has 0 spiro atoms. The van der Waals surface area contributed by atoms with Crippen LogP contribution < -0.4 is 10.6 Å². The van der Waals surface area contributed by atoms with Crippen molar-refractivity contribution >= 4 is 29.1 Å². The van der Waals surface area contributed by atoms with Crippen LogP contribution in [0.3, 0.4) is 0 Å². The van der Waals surface area contributed by atoms with E-state index in [1.807, 2.05) is 36.7 Å². The molecule has 1 aliphatic carbocycles. The molecule has 0 amide bonds. The molecule has 2 aliphatic rings. The maximum Gasteiger partial charge on any atom is 0.229 e. The van der Waals surface area contributed by atoms with Gasteiger partial charge in [0.1, 0.15) is 5.82 Å². The predicted octanol–water partition coefficient (Wildman–Crippen LogP) is 5.25. The SMILES string of the molecule is OC1CCC(Nc2nc(Nc3ccc(Cl)cc3)ncc2-c2ccc(CN3CCCC3)cn2)CC1. The third-order valence-electron chi connectivity index (χ3n) is 6.63. The molecule has 3 heterocycles. The Balaban J connectivity index is 1.38. The third kappa shape index (κ3) is 5.84. The molecule has 3 aromatic rings.